The summed E-state index contributed by atoms with van der Waals surface area (Å²) in [6.45, 7) is 1.24. The molecule has 0 aliphatic carbocycles. The maximum atomic E-state index is 12.6. The normalized spacial score (nSPS) is 20.6. The van der Waals surface area contributed by atoms with Crippen LogP contribution in [0.1, 0.15) is 12.8 Å². The molecule has 2 atom stereocenters. The number of alkyl halides is 3. The molecule has 0 saturated carbocycles. The van der Waals surface area contributed by atoms with Crippen LogP contribution >= 0.6 is 0 Å². The SMILES string of the molecule is O=C(Cn1c(=O)[nH]c2ccccc2c1=O)N1CC2CCC1CN2.O=C(O)C(F)(F)F. The molecule has 3 saturated heterocycles. The van der Waals surface area contributed by atoms with Crippen LogP contribution < -0.4 is 16.6 Å². The van der Waals surface area contributed by atoms with Gasteiger partial charge in [0.1, 0.15) is 6.54 Å². The second kappa shape index (κ2) is 8.30. The number of aliphatic carboxylic acids is 1. The maximum absolute atomic E-state index is 12.6. The van der Waals surface area contributed by atoms with Crippen LogP contribution in [-0.2, 0) is 16.1 Å². The monoisotopic (exact) mass is 428 g/mol. The molecule has 3 fully saturated rings. The number of carbonyl (C=O) groups excluding carboxylic acids is 1. The van der Waals surface area contributed by atoms with Crippen molar-refractivity contribution in [3.8, 4) is 0 Å². The highest BCUT2D eigenvalue weighted by molar-refractivity contribution is 5.79. The number of H-pyrrole nitrogens is 1. The fourth-order valence-corrected chi connectivity index (χ4v) is 3.58. The predicted octanol–water partition coefficient (Wildman–Crippen LogP) is 0.286. The minimum atomic E-state index is -5.08. The number of halogens is 3. The Morgan fingerprint density at radius 1 is 1.17 bits per heavy atom. The number of carboxylic acids is 1. The largest absolute Gasteiger partial charge is 0.490 e. The van der Waals surface area contributed by atoms with E-state index in [1.807, 2.05) is 4.90 Å². The summed E-state index contributed by atoms with van der Waals surface area (Å²) in [5.74, 6) is -2.92. The Morgan fingerprint density at radius 3 is 2.37 bits per heavy atom. The van der Waals surface area contributed by atoms with E-state index >= 15 is 0 Å². The first-order valence-corrected chi connectivity index (χ1v) is 9.12. The van der Waals surface area contributed by atoms with Gasteiger partial charge in [-0.3, -0.25) is 14.2 Å². The van der Waals surface area contributed by atoms with E-state index in [1.165, 1.54) is 0 Å². The fraction of sp³-hybridized carbons (Fsp3) is 0.444. The van der Waals surface area contributed by atoms with Crippen molar-refractivity contribution in [3.63, 3.8) is 0 Å². The molecule has 30 heavy (non-hydrogen) atoms. The maximum Gasteiger partial charge on any atom is 0.490 e. The fourth-order valence-electron chi connectivity index (χ4n) is 3.58. The van der Waals surface area contributed by atoms with E-state index in [4.69, 9.17) is 9.90 Å². The summed E-state index contributed by atoms with van der Waals surface area (Å²) >= 11 is 0. The van der Waals surface area contributed by atoms with Crippen LogP contribution in [0.15, 0.2) is 33.9 Å². The molecular formula is C18H19F3N4O5. The molecule has 2 aromatic rings. The molecular weight excluding hydrogens is 409 g/mol. The number of rotatable bonds is 2. The number of piperidine rings is 2. The van der Waals surface area contributed by atoms with Gasteiger partial charge < -0.3 is 20.3 Å². The number of aromatic amines is 1. The van der Waals surface area contributed by atoms with Crippen LogP contribution in [0, 0.1) is 0 Å². The van der Waals surface area contributed by atoms with Gasteiger partial charge >= 0.3 is 17.8 Å². The lowest BCUT2D eigenvalue weighted by Gasteiger charge is -2.45. The summed E-state index contributed by atoms with van der Waals surface area (Å²) in [4.78, 5) is 50.6. The molecule has 0 spiro atoms. The summed E-state index contributed by atoms with van der Waals surface area (Å²) in [6.07, 6.45) is -3.03. The van der Waals surface area contributed by atoms with Crippen LogP contribution in [0.3, 0.4) is 0 Å². The Balaban J connectivity index is 0.000000318. The first-order valence-electron chi connectivity index (χ1n) is 9.12. The average Bonchev–Trinajstić information content (AvgIpc) is 2.71. The zero-order valence-electron chi connectivity index (χ0n) is 15.6. The van der Waals surface area contributed by atoms with E-state index in [2.05, 4.69) is 10.3 Å². The Bertz CT molecular complexity index is 1070. The molecule has 5 rings (SSSR count). The highest BCUT2D eigenvalue weighted by atomic mass is 19.4. The molecule has 1 aromatic carbocycles. The Kier molecular flexibility index (Phi) is 5.97. The second-order valence-electron chi connectivity index (χ2n) is 7.05. The molecule has 9 nitrogen and oxygen atoms in total. The third kappa shape index (κ3) is 4.53. The standard InChI is InChI=1S/C16H18N4O3.C2HF3O2/c21-14(19-8-10-5-6-11(19)7-17-10)9-20-15(22)12-3-1-2-4-13(12)18-16(20)23;3-2(4,5)1(6)7/h1-4,10-11,17H,5-9H2,(H,18,23);(H,6,7). The number of nitrogens with one attached hydrogen (secondary N) is 2. The number of hydrogen-bond donors (Lipinski definition) is 3. The molecule has 2 unspecified atom stereocenters. The number of para-hydroxylation sites is 1. The zero-order chi connectivity index (χ0) is 22.1. The average molecular weight is 428 g/mol. The Morgan fingerprint density at radius 2 is 1.83 bits per heavy atom. The predicted molar refractivity (Wildman–Crippen MR) is 99.0 cm³/mol. The molecule has 0 radical (unpaired) electrons. The topological polar surface area (TPSA) is 125 Å². The van der Waals surface area contributed by atoms with Crippen LogP contribution in [-0.4, -0.2) is 62.8 Å². The first-order chi connectivity index (χ1) is 14.1. The van der Waals surface area contributed by atoms with Gasteiger partial charge in [-0.25, -0.2) is 9.59 Å². The third-order valence-electron chi connectivity index (χ3n) is 5.09. The summed E-state index contributed by atoms with van der Waals surface area (Å²) < 4.78 is 32.7. The number of benzene rings is 1. The van der Waals surface area contributed by atoms with Gasteiger partial charge in [0.15, 0.2) is 0 Å². The van der Waals surface area contributed by atoms with Gasteiger partial charge in [0.05, 0.1) is 10.9 Å². The number of nitrogens with zero attached hydrogens (tertiary/aromatic N) is 2. The van der Waals surface area contributed by atoms with Crippen molar-refractivity contribution in [2.45, 2.75) is 37.6 Å². The minimum absolute atomic E-state index is 0.163. The van der Waals surface area contributed by atoms with Gasteiger partial charge in [0, 0.05) is 25.2 Å². The number of amides is 1. The molecule has 1 amide bonds. The number of aromatic nitrogens is 2. The third-order valence-corrected chi connectivity index (χ3v) is 5.09. The van der Waals surface area contributed by atoms with E-state index in [-0.39, 0.29) is 18.5 Å². The molecule has 2 bridgehead atoms. The lowest BCUT2D eigenvalue weighted by molar-refractivity contribution is -0.192. The van der Waals surface area contributed by atoms with Crippen molar-refractivity contribution >= 4 is 22.8 Å². The van der Waals surface area contributed by atoms with E-state index in [9.17, 15) is 27.6 Å². The van der Waals surface area contributed by atoms with Gasteiger partial charge in [-0.15, -0.1) is 0 Å². The summed E-state index contributed by atoms with van der Waals surface area (Å²) in [5.41, 5.74) is -0.465. The van der Waals surface area contributed by atoms with E-state index < -0.39 is 23.4 Å². The Hall–Kier alpha value is -3.15. The molecule has 3 aliphatic heterocycles. The lowest BCUT2D eigenvalue weighted by Crippen LogP contribution is -2.63. The smallest absolute Gasteiger partial charge is 0.475 e. The van der Waals surface area contributed by atoms with E-state index in [1.54, 1.807) is 24.3 Å². The number of fused-ring (bicyclic) bond motifs is 4. The van der Waals surface area contributed by atoms with E-state index in [0.29, 0.717) is 23.5 Å². The van der Waals surface area contributed by atoms with Gasteiger partial charge in [0.25, 0.3) is 5.56 Å². The number of carbonyl (C=O) groups is 2. The Labute approximate surface area is 167 Å². The summed E-state index contributed by atoms with van der Waals surface area (Å²) in [5, 5.41) is 10.9. The van der Waals surface area contributed by atoms with Crippen molar-refractivity contribution in [1.82, 2.24) is 19.8 Å². The van der Waals surface area contributed by atoms with Gasteiger partial charge in [-0.1, -0.05) is 12.1 Å². The van der Waals surface area contributed by atoms with Crippen LogP contribution in [0.2, 0.25) is 0 Å². The molecule has 3 N–H and O–H groups in total. The van der Waals surface area contributed by atoms with Crippen molar-refractivity contribution in [2.75, 3.05) is 13.1 Å². The number of carboxylic acid groups (broad SMARTS) is 1. The molecule has 162 valence electrons. The number of hydrogen-bond acceptors (Lipinski definition) is 5. The minimum Gasteiger partial charge on any atom is -0.475 e. The van der Waals surface area contributed by atoms with Crippen LogP contribution in [0.5, 0.6) is 0 Å². The van der Waals surface area contributed by atoms with Gasteiger partial charge in [-0.2, -0.15) is 13.2 Å². The first kappa shape index (κ1) is 21.6. The van der Waals surface area contributed by atoms with Crippen molar-refractivity contribution in [2.24, 2.45) is 0 Å². The van der Waals surface area contributed by atoms with Crippen molar-refractivity contribution in [1.29, 1.82) is 0 Å². The summed E-state index contributed by atoms with van der Waals surface area (Å²) in [6, 6.07) is 7.33. The lowest BCUT2D eigenvalue weighted by atomic mass is 9.93. The highest BCUT2D eigenvalue weighted by Crippen LogP contribution is 2.22. The zero-order valence-corrected chi connectivity index (χ0v) is 15.6. The molecule has 3 aliphatic rings. The second-order valence-corrected chi connectivity index (χ2v) is 7.05. The van der Waals surface area contributed by atoms with Crippen molar-refractivity contribution in [3.05, 3.63) is 45.1 Å². The van der Waals surface area contributed by atoms with E-state index in [0.717, 1.165) is 24.0 Å². The molecule has 4 heterocycles. The number of piperazine rings is 1. The van der Waals surface area contributed by atoms with Crippen LogP contribution in [0.25, 0.3) is 10.9 Å². The summed E-state index contributed by atoms with van der Waals surface area (Å²) in [7, 11) is 0. The quantitative estimate of drug-likeness (QED) is 0.632. The van der Waals surface area contributed by atoms with Gasteiger partial charge in [-0.05, 0) is 25.0 Å². The van der Waals surface area contributed by atoms with Gasteiger partial charge in [0.2, 0.25) is 5.91 Å². The molecule has 1 aromatic heterocycles. The highest BCUT2D eigenvalue weighted by Gasteiger charge is 2.38. The van der Waals surface area contributed by atoms with Crippen molar-refractivity contribution < 1.29 is 27.9 Å². The molecule has 12 heteroatoms. The van der Waals surface area contributed by atoms with Crippen LogP contribution in [0.4, 0.5) is 13.2 Å².